The molecule has 1 aromatic rings. The molecule has 2 unspecified atom stereocenters. The van der Waals surface area contributed by atoms with Crippen LogP contribution >= 0.6 is 0 Å². The van der Waals surface area contributed by atoms with Gasteiger partial charge in [-0.1, -0.05) is 30.3 Å². The number of halogens is 2. The predicted molar refractivity (Wildman–Crippen MR) is 82.3 cm³/mol. The van der Waals surface area contributed by atoms with Gasteiger partial charge in [-0.05, 0) is 11.5 Å². The second-order valence-corrected chi connectivity index (χ2v) is 7.33. The van der Waals surface area contributed by atoms with E-state index in [9.17, 15) is 5.11 Å². The fourth-order valence-corrected chi connectivity index (χ4v) is 5.27. The maximum Gasteiger partial charge on any atom is 0.164 e. The average molecular weight is 359 g/mol. The summed E-state index contributed by atoms with van der Waals surface area (Å²) >= 11 is 0. The Balaban J connectivity index is 0.000000960. The van der Waals surface area contributed by atoms with Crippen LogP contribution in [0.1, 0.15) is 43.6 Å². The maximum absolute atomic E-state index is 10.4. The third-order valence-corrected chi connectivity index (χ3v) is 6.20. The van der Waals surface area contributed by atoms with Crippen molar-refractivity contribution in [2.75, 3.05) is 13.1 Å². The molecule has 4 N–H and O–H groups in total. The number of nitrogens with one attached hydrogen (secondary N) is 1. The van der Waals surface area contributed by atoms with Crippen LogP contribution in [-0.4, -0.2) is 42.4 Å². The van der Waals surface area contributed by atoms with E-state index < -0.39 is 0 Å². The minimum Gasteiger partial charge on any atom is -1.00 e. The lowest BCUT2D eigenvalue weighted by atomic mass is 9.83. The molecular weight excluding hydrogens is 331 g/mol. The van der Waals surface area contributed by atoms with Crippen molar-refractivity contribution in [3.63, 3.8) is 0 Å². The van der Waals surface area contributed by atoms with Crippen molar-refractivity contribution in [2.45, 2.75) is 62.3 Å². The first-order valence-corrected chi connectivity index (χ1v) is 8.74. The highest BCUT2D eigenvalue weighted by molar-refractivity contribution is 5.20. The first-order valence-electron chi connectivity index (χ1n) is 8.74. The van der Waals surface area contributed by atoms with Gasteiger partial charge in [0.2, 0.25) is 0 Å². The fourth-order valence-electron chi connectivity index (χ4n) is 5.27. The van der Waals surface area contributed by atoms with E-state index in [1.807, 2.05) is 0 Å². The van der Waals surface area contributed by atoms with Gasteiger partial charge in [-0.3, -0.25) is 0 Å². The number of aliphatic hydroxyl groups is 1. The van der Waals surface area contributed by atoms with E-state index in [4.69, 9.17) is 0 Å². The Bertz CT molecular complexity index is 473. The van der Waals surface area contributed by atoms with Crippen molar-refractivity contribution in [2.24, 2.45) is 0 Å². The standard InChI is InChI=1S/C18H26N2O.2ClH/c21-18-8-9-19-12-17(18)20-15-6-7-16(20)11-14(10-15)13-4-2-1-3-5-13;;/h1-5,14-19,21H,6-12H2;2*1H/t14?,15-,16+,17-,18-;;/m0../s1. The summed E-state index contributed by atoms with van der Waals surface area (Å²) in [6.07, 6.45) is 6.29. The Hall–Kier alpha value is -0.320. The van der Waals surface area contributed by atoms with E-state index in [2.05, 4.69) is 35.6 Å². The first kappa shape index (κ1) is 19.0. The number of hydrogen-bond donors (Lipinski definition) is 3. The SMILES string of the molecule is O[C@H]1CC[NH2+]C[C@@H]1[NH+]1[C@@H]2CC[C@H]1CC(c1ccccc1)C2.[Cl-].[Cl-]. The highest BCUT2D eigenvalue weighted by Crippen LogP contribution is 2.35. The smallest absolute Gasteiger partial charge is 0.164 e. The molecule has 130 valence electrons. The Kier molecular flexibility index (Phi) is 6.76. The lowest BCUT2D eigenvalue weighted by Crippen LogP contribution is -3.25. The van der Waals surface area contributed by atoms with Crippen molar-refractivity contribution in [3.05, 3.63) is 35.9 Å². The number of rotatable bonds is 2. The molecular formula is C18H28Cl2N2O. The fraction of sp³-hybridized carbons (Fsp3) is 0.667. The van der Waals surface area contributed by atoms with Crippen molar-refractivity contribution in [1.29, 1.82) is 0 Å². The van der Waals surface area contributed by atoms with Gasteiger partial charge in [-0.25, -0.2) is 0 Å². The normalized spacial score (nSPS) is 39.2. The number of piperidine rings is 2. The minimum atomic E-state index is -0.0682. The summed E-state index contributed by atoms with van der Waals surface area (Å²) in [4.78, 5) is 1.76. The molecule has 3 heterocycles. The Morgan fingerprint density at radius 3 is 2.22 bits per heavy atom. The average Bonchev–Trinajstić information content (AvgIpc) is 2.78. The Morgan fingerprint density at radius 1 is 0.957 bits per heavy atom. The van der Waals surface area contributed by atoms with Gasteiger partial charge in [0.15, 0.2) is 6.04 Å². The molecule has 0 aliphatic carbocycles. The van der Waals surface area contributed by atoms with Crippen LogP contribution in [0.4, 0.5) is 0 Å². The lowest BCUT2D eigenvalue weighted by Gasteiger charge is -2.42. The zero-order chi connectivity index (χ0) is 14.2. The lowest BCUT2D eigenvalue weighted by molar-refractivity contribution is -0.982. The van der Waals surface area contributed by atoms with Crippen LogP contribution in [0.15, 0.2) is 30.3 Å². The third kappa shape index (κ3) is 3.69. The largest absolute Gasteiger partial charge is 1.00 e. The molecule has 3 aliphatic heterocycles. The molecule has 0 radical (unpaired) electrons. The number of quaternary nitrogens is 2. The van der Waals surface area contributed by atoms with E-state index >= 15 is 0 Å². The van der Waals surface area contributed by atoms with Crippen LogP contribution in [-0.2, 0) is 0 Å². The molecule has 23 heavy (non-hydrogen) atoms. The summed E-state index contributed by atoms with van der Waals surface area (Å²) < 4.78 is 0. The number of benzene rings is 1. The molecule has 3 saturated heterocycles. The van der Waals surface area contributed by atoms with Gasteiger partial charge in [0.1, 0.15) is 12.6 Å². The molecule has 3 aliphatic rings. The van der Waals surface area contributed by atoms with Gasteiger partial charge >= 0.3 is 0 Å². The Labute approximate surface area is 151 Å². The summed E-state index contributed by atoms with van der Waals surface area (Å²) in [5.74, 6) is 0.747. The first-order chi connectivity index (χ1) is 10.3. The molecule has 4 rings (SSSR count). The van der Waals surface area contributed by atoms with E-state index in [0.29, 0.717) is 6.04 Å². The number of hydrogen-bond acceptors (Lipinski definition) is 1. The number of nitrogens with two attached hydrogens (primary N) is 1. The molecule has 0 amide bonds. The maximum atomic E-state index is 10.4. The number of fused-ring (bicyclic) bond motifs is 2. The van der Waals surface area contributed by atoms with Crippen LogP contribution in [0.25, 0.3) is 0 Å². The van der Waals surface area contributed by atoms with Crippen LogP contribution in [0.2, 0.25) is 0 Å². The second-order valence-electron chi connectivity index (χ2n) is 7.33. The highest BCUT2D eigenvalue weighted by Gasteiger charge is 2.50. The zero-order valence-electron chi connectivity index (χ0n) is 13.5. The van der Waals surface area contributed by atoms with Crippen molar-refractivity contribution in [1.82, 2.24) is 0 Å². The van der Waals surface area contributed by atoms with Crippen molar-refractivity contribution in [3.8, 4) is 0 Å². The van der Waals surface area contributed by atoms with Gasteiger partial charge in [0.25, 0.3) is 0 Å². The summed E-state index contributed by atoms with van der Waals surface area (Å²) in [6, 6.07) is 13.1. The third-order valence-electron chi connectivity index (χ3n) is 6.20. The minimum absolute atomic E-state index is 0. The van der Waals surface area contributed by atoms with E-state index in [1.165, 1.54) is 31.2 Å². The molecule has 2 bridgehead atoms. The van der Waals surface area contributed by atoms with Crippen molar-refractivity contribution < 1.29 is 40.1 Å². The van der Waals surface area contributed by atoms with Crippen LogP contribution in [0.3, 0.4) is 0 Å². The number of aliphatic hydroxyl groups excluding tert-OH is 1. The van der Waals surface area contributed by atoms with Crippen LogP contribution in [0, 0.1) is 0 Å². The molecule has 3 nitrogen and oxygen atoms in total. The molecule has 1 aromatic carbocycles. The van der Waals surface area contributed by atoms with Gasteiger partial charge in [-0.15, -0.1) is 0 Å². The van der Waals surface area contributed by atoms with Gasteiger partial charge < -0.3 is 40.1 Å². The molecule has 5 heteroatoms. The van der Waals surface area contributed by atoms with Gasteiger partial charge in [0, 0.05) is 32.1 Å². The van der Waals surface area contributed by atoms with E-state index in [0.717, 1.165) is 37.5 Å². The highest BCUT2D eigenvalue weighted by atomic mass is 35.5. The van der Waals surface area contributed by atoms with Gasteiger partial charge in [-0.2, -0.15) is 0 Å². The summed E-state index contributed by atoms with van der Waals surface area (Å²) in [7, 11) is 0. The van der Waals surface area contributed by atoms with Gasteiger partial charge in [0.05, 0.1) is 18.6 Å². The van der Waals surface area contributed by atoms with Crippen LogP contribution < -0.4 is 35.0 Å². The zero-order valence-corrected chi connectivity index (χ0v) is 15.0. The van der Waals surface area contributed by atoms with E-state index in [1.54, 1.807) is 4.90 Å². The summed E-state index contributed by atoms with van der Waals surface area (Å²) in [5.41, 5.74) is 1.53. The molecule has 0 saturated carbocycles. The molecule has 0 spiro atoms. The second kappa shape index (κ2) is 8.17. The quantitative estimate of drug-likeness (QED) is 0.483. The molecule has 3 fully saturated rings. The molecule has 6 atom stereocenters. The predicted octanol–water partition coefficient (Wildman–Crippen LogP) is -6.32. The summed E-state index contributed by atoms with van der Waals surface area (Å²) in [5, 5.41) is 12.8. The Morgan fingerprint density at radius 2 is 1.61 bits per heavy atom. The molecule has 0 aromatic heterocycles. The summed E-state index contributed by atoms with van der Waals surface area (Å²) in [6.45, 7) is 2.23. The van der Waals surface area contributed by atoms with E-state index in [-0.39, 0.29) is 30.9 Å². The monoisotopic (exact) mass is 358 g/mol. The van der Waals surface area contributed by atoms with Crippen molar-refractivity contribution >= 4 is 0 Å². The van der Waals surface area contributed by atoms with Crippen LogP contribution in [0.5, 0.6) is 0 Å². The topological polar surface area (TPSA) is 41.3 Å².